The number of anilines is 1. The van der Waals surface area contributed by atoms with Gasteiger partial charge in [-0.1, -0.05) is 12.1 Å². The maximum atomic E-state index is 4.35. The van der Waals surface area contributed by atoms with E-state index in [0.717, 1.165) is 11.4 Å². The predicted octanol–water partition coefficient (Wildman–Crippen LogP) is 2.97. The first-order chi connectivity index (χ1) is 5.67. The molecule has 0 amide bonds. The minimum Gasteiger partial charge on any atom is -0.365 e. The van der Waals surface area contributed by atoms with Crippen LogP contribution in [0.15, 0.2) is 29.3 Å². The predicted molar refractivity (Wildman–Crippen MR) is 60.6 cm³/mol. The van der Waals surface area contributed by atoms with Crippen LogP contribution in [0.3, 0.4) is 0 Å². The molecule has 1 unspecified atom stereocenters. The number of hydrogen-bond acceptors (Lipinski definition) is 2. The number of alkyl halides is 1. The summed E-state index contributed by atoms with van der Waals surface area (Å²) in [6.45, 7) is 2.09. The first-order valence-corrected chi connectivity index (χ1v) is 4.87. The molecule has 1 atom stereocenters. The Morgan fingerprint density at radius 3 is 3.00 bits per heavy atom. The van der Waals surface area contributed by atoms with E-state index < -0.39 is 0 Å². The molecule has 2 rings (SSSR count). The lowest BCUT2D eigenvalue weighted by Gasteiger charge is -2.25. The number of aliphatic imine (C=N–C) groups is 1. The van der Waals surface area contributed by atoms with E-state index in [1.54, 1.807) is 0 Å². The van der Waals surface area contributed by atoms with Crippen LogP contribution in [-0.4, -0.2) is 9.76 Å². The average molecular weight is 272 g/mol. The van der Waals surface area contributed by atoms with E-state index in [1.807, 2.05) is 30.5 Å². The number of rotatable bonds is 0. The van der Waals surface area contributed by atoms with E-state index in [-0.39, 0.29) is 3.55 Å². The Balaban J connectivity index is 2.46. The molecule has 0 saturated heterocycles. The van der Waals surface area contributed by atoms with Gasteiger partial charge in [0.05, 0.1) is 11.4 Å². The summed E-state index contributed by atoms with van der Waals surface area (Å²) in [5, 5.41) is 3.37. The van der Waals surface area contributed by atoms with Crippen molar-refractivity contribution in [1.82, 2.24) is 0 Å². The molecule has 0 fully saturated rings. The van der Waals surface area contributed by atoms with Crippen molar-refractivity contribution in [2.45, 2.75) is 10.5 Å². The fourth-order valence-corrected chi connectivity index (χ4v) is 1.61. The monoisotopic (exact) mass is 272 g/mol. The van der Waals surface area contributed by atoms with Gasteiger partial charge in [0.15, 0.2) is 0 Å². The summed E-state index contributed by atoms with van der Waals surface area (Å²) in [7, 11) is 0. The van der Waals surface area contributed by atoms with Gasteiger partial charge in [0, 0.05) is 6.21 Å². The molecule has 62 valence electrons. The van der Waals surface area contributed by atoms with E-state index in [9.17, 15) is 0 Å². The van der Waals surface area contributed by atoms with Gasteiger partial charge in [-0.3, -0.25) is 4.99 Å². The van der Waals surface area contributed by atoms with Crippen molar-refractivity contribution in [2.24, 2.45) is 4.99 Å². The fourth-order valence-electron chi connectivity index (χ4n) is 1.18. The third-order valence-corrected chi connectivity index (χ3v) is 2.28. The number of benzene rings is 1. The zero-order valence-electron chi connectivity index (χ0n) is 6.71. The van der Waals surface area contributed by atoms with Crippen LogP contribution in [0.2, 0.25) is 0 Å². The SMILES string of the molecule is CC1(I)C=Nc2ccccc2N1. The van der Waals surface area contributed by atoms with Crippen LogP contribution in [0.5, 0.6) is 0 Å². The minimum atomic E-state index is -0.0495. The van der Waals surface area contributed by atoms with E-state index in [0.29, 0.717) is 0 Å². The molecule has 2 nitrogen and oxygen atoms in total. The van der Waals surface area contributed by atoms with Crippen LogP contribution in [-0.2, 0) is 0 Å². The second-order valence-corrected chi connectivity index (χ2v) is 5.22. The molecule has 0 spiro atoms. The molecule has 12 heavy (non-hydrogen) atoms. The fraction of sp³-hybridized carbons (Fsp3) is 0.222. The molecule has 0 radical (unpaired) electrons. The number of halogens is 1. The van der Waals surface area contributed by atoms with Gasteiger partial charge in [0.1, 0.15) is 3.55 Å². The van der Waals surface area contributed by atoms with Crippen LogP contribution in [0.1, 0.15) is 6.92 Å². The molecule has 0 bridgehead atoms. The van der Waals surface area contributed by atoms with Gasteiger partial charge in [-0.15, -0.1) is 0 Å². The maximum absolute atomic E-state index is 4.35. The van der Waals surface area contributed by atoms with Crippen LogP contribution in [0.25, 0.3) is 0 Å². The number of para-hydroxylation sites is 2. The van der Waals surface area contributed by atoms with E-state index >= 15 is 0 Å². The van der Waals surface area contributed by atoms with E-state index in [2.05, 4.69) is 39.8 Å². The molecule has 0 aromatic heterocycles. The van der Waals surface area contributed by atoms with E-state index in [4.69, 9.17) is 0 Å². The van der Waals surface area contributed by atoms with Crippen molar-refractivity contribution < 1.29 is 0 Å². The Labute approximate surface area is 85.2 Å². The number of hydrogen-bond donors (Lipinski definition) is 1. The standard InChI is InChI=1S/C9H9IN2/c1-9(10)6-11-7-4-2-3-5-8(7)12-9/h2-6,12H,1H3. The number of nitrogens with zero attached hydrogens (tertiary/aromatic N) is 1. The third kappa shape index (κ3) is 1.46. The highest BCUT2D eigenvalue weighted by Crippen LogP contribution is 2.33. The summed E-state index contributed by atoms with van der Waals surface area (Å²) >= 11 is 2.33. The first-order valence-electron chi connectivity index (χ1n) is 3.79. The lowest BCUT2D eigenvalue weighted by atomic mass is 10.2. The molecule has 3 heteroatoms. The molecule has 0 aliphatic carbocycles. The Kier molecular flexibility index (Phi) is 1.83. The van der Waals surface area contributed by atoms with Crippen LogP contribution < -0.4 is 5.32 Å². The van der Waals surface area contributed by atoms with E-state index in [1.165, 1.54) is 0 Å². The molecule has 0 saturated carbocycles. The number of nitrogens with one attached hydrogen (secondary N) is 1. The maximum Gasteiger partial charge on any atom is 0.122 e. The lowest BCUT2D eigenvalue weighted by molar-refractivity contribution is 1.02. The van der Waals surface area contributed by atoms with Crippen molar-refractivity contribution in [3.05, 3.63) is 24.3 Å². The lowest BCUT2D eigenvalue weighted by Crippen LogP contribution is -2.30. The molecule has 1 aromatic carbocycles. The zero-order chi connectivity index (χ0) is 8.60. The Bertz CT molecular complexity index is 331. The largest absolute Gasteiger partial charge is 0.365 e. The van der Waals surface area contributed by atoms with Gasteiger partial charge in [-0.25, -0.2) is 0 Å². The molecule has 1 heterocycles. The summed E-state index contributed by atoms with van der Waals surface area (Å²) < 4.78 is -0.0495. The molecule has 1 aliphatic heterocycles. The van der Waals surface area contributed by atoms with Crippen molar-refractivity contribution >= 4 is 40.2 Å². The summed E-state index contributed by atoms with van der Waals surface area (Å²) in [6, 6.07) is 8.06. The van der Waals surface area contributed by atoms with Gasteiger partial charge in [-0.2, -0.15) is 0 Å². The normalized spacial score (nSPS) is 26.2. The summed E-state index contributed by atoms with van der Waals surface area (Å²) in [4.78, 5) is 4.35. The molecule has 1 aromatic rings. The Morgan fingerprint density at radius 1 is 1.42 bits per heavy atom. The summed E-state index contributed by atoms with van der Waals surface area (Å²) in [6.07, 6.45) is 1.93. The van der Waals surface area contributed by atoms with Crippen LogP contribution in [0.4, 0.5) is 11.4 Å². The highest BCUT2D eigenvalue weighted by Gasteiger charge is 2.21. The van der Waals surface area contributed by atoms with Gasteiger partial charge in [0.2, 0.25) is 0 Å². The minimum absolute atomic E-state index is 0.0495. The van der Waals surface area contributed by atoms with Gasteiger partial charge in [0.25, 0.3) is 0 Å². The molecule has 1 aliphatic rings. The summed E-state index contributed by atoms with van der Waals surface area (Å²) in [5.74, 6) is 0. The van der Waals surface area contributed by atoms with Gasteiger partial charge in [-0.05, 0) is 41.6 Å². The summed E-state index contributed by atoms with van der Waals surface area (Å²) in [5.41, 5.74) is 2.13. The average Bonchev–Trinajstić information content (AvgIpc) is 2.02. The second-order valence-electron chi connectivity index (χ2n) is 2.98. The third-order valence-electron chi connectivity index (χ3n) is 1.73. The smallest absolute Gasteiger partial charge is 0.122 e. The van der Waals surface area contributed by atoms with Crippen LogP contribution in [0, 0.1) is 0 Å². The van der Waals surface area contributed by atoms with Crippen molar-refractivity contribution in [3.8, 4) is 0 Å². The highest BCUT2D eigenvalue weighted by atomic mass is 127. The van der Waals surface area contributed by atoms with Gasteiger partial charge >= 0.3 is 0 Å². The zero-order valence-corrected chi connectivity index (χ0v) is 8.87. The first kappa shape index (κ1) is 8.04. The quantitative estimate of drug-likeness (QED) is 0.438. The number of fused-ring (bicyclic) bond motifs is 1. The topological polar surface area (TPSA) is 24.4 Å². The molecular formula is C9H9IN2. The highest BCUT2D eigenvalue weighted by molar-refractivity contribution is 14.1. The molecular weight excluding hydrogens is 263 g/mol. The van der Waals surface area contributed by atoms with Crippen molar-refractivity contribution in [2.75, 3.05) is 5.32 Å². The van der Waals surface area contributed by atoms with Crippen molar-refractivity contribution in [3.63, 3.8) is 0 Å². The van der Waals surface area contributed by atoms with Crippen LogP contribution >= 0.6 is 22.6 Å². The Morgan fingerprint density at radius 2 is 2.17 bits per heavy atom. The van der Waals surface area contributed by atoms with Gasteiger partial charge < -0.3 is 5.32 Å². The van der Waals surface area contributed by atoms with Crippen molar-refractivity contribution in [1.29, 1.82) is 0 Å². The second kappa shape index (κ2) is 2.73. The Hall–Kier alpha value is -0.580. The molecule has 1 N–H and O–H groups in total.